The first kappa shape index (κ1) is 19.3. The lowest BCUT2D eigenvalue weighted by molar-refractivity contribution is 0.103. The number of carbonyl (C=O) groups is 1. The number of ketones is 1. The fourth-order valence-corrected chi connectivity index (χ4v) is 5.04. The summed E-state index contributed by atoms with van der Waals surface area (Å²) in [4.78, 5) is 13.2. The van der Waals surface area contributed by atoms with Gasteiger partial charge in [0.05, 0.1) is 8.07 Å². The van der Waals surface area contributed by atoms with Crippen LogP contribution in [0.4, 0.5) is 0 Å². The Morgan fingerprint density at radius 1 is 0.778 bits per heavy atom. The van der Waals surface area contributed by atoms with Crippen molar-refractivity contribution in [1.29, 1.82) is 0 Å². The predicted molar refractivity (Wildman–Crippen MR) is 119 cm³/mol. The number of rotatable bonds is 4. The van der Waals surface area contributed by atoms with Crippen LogP contribution in [-0.2, 0) is 0 Å². The van der Waals surface area contributed by atoms with E-state index in [1.807, 2.05) is 54.6 Å². The van der Waals surface area contributed by atoms with Gasteiger partial charge in [-0.25, -0.2) is 0 Å². The van der Waals surface area contributed by atoms with Crippen LogP contribution in [0.1, 0.15) is 36.7 Å². The number of carbonyl (C=O) groups excluding carboxylic acids is 1. The van der Waals surface area contributed by atoms with Gasteiger partial charge in [0.2, 0.25) is 0 Å². The normalized spacial score (nSPS) is 12.0. The van der Waals surface area contributed by atoms with Crippen molar-refractivity contribution in [2.24, 2.45) is 0 Å². The molecule has 0 amide bonds. The molecule has 0 aromatic heterocycles. The Hall–Kier alpha value is -2.45. The number of hydrogen-bond donors (Lipinski definition) is 0. The molecular formula is C25H28OSi. The molecule has 0 saturated carbocycles. The van der Waals surface area contributed by atoms with Crippen molar-refractivity contribution in [3.05, 3.63) is 90.0 Å². The zero-order valence-electron chi connectivity index (χ0n) is 16.9. The summed E-state index contributed by atoms with van der Waals surface area (Å²) >= 11 is 0. The van der Waals surface area contributed by atoms with Gasteiger partial charge in [0, 0.05) is 11.1 Å². The summed E-state index contributed by atoms with van der Waals surface area (Å²) in [6, 6.07) is 26.3. The summed E-state index contributed by atoms with van der Waals surface area (Å²) in [7, 11) is -1.69. The van der Waals surface area contributed by atoms with E-state index in [1.54, 1.807) is 0 Å². The van der Waals surface area contributed by atoms with Crippen molar-refractivity contribution in [2.75, 3.05) is 0 Å². The molecule has 0 heterocycles. The van der Waals surface area contributed by atoms with E-state index in [-0.39, 0.29) is 10.8 Å². The standard InChI is InChI=1S/C25H28OSi/c1-25(2,3)27(4,5)21-16-17-22(24(26)20-14-10-7-11-15-20)23(18-21)19-12-8-6-9-13-19/h6-18H,1-5H3. The maximum Gasteiger partial charge on any atom is 0.193 e. The summed E-state index contributed by atoms with van der Waals surface area (Å²) in [5.41, 5.74) is 3.63. The number of benzene rings is 3. The van der Waals surface area contributed by atoms with Gasteiger partial charge in [-0.15, -0.1) is 0 Å². The molecule has 0 aliphatic carbocycles. The molecule has 0 N–H and O–H groups in total. The van der Waals surface area contributed by atoms with Gasteiger partial charge in [0.1, 0.15) is 0 Å². The maximum absolute atomic E-state index is 13.2. The molecule has 0 fully saturated rings. The van der Waals surface area contributed by atoms with Crippen LogP contribution in [0.5, 0.6) is 0 Å². The van der Waals surface area contributed by atoms with Crippen molar-refractivity contribution in [3.8, 4) is 11.1 Å². The van der Waals surface area contributed by atoms with Gasteiger partial charge >= 0.3 is 0 Å². The smallest absolute Gasteiger partial charge is 0.193 e. The maximum atomic E-state index is 13.2. The Morgan fingerprint density at radius 2 is 1.33 bits per heavy atom. The van der Waals surface area contributed by atoms with Crippen LogP contribution >= 0.6 is 0 Å². The van der Waals surface area contributed by atoms with E-state index in [4.69, 9.17) is 0 Å². The molecule has 0 aliphatic heterocycles. The molecule has 0 atom stereocenters. The Balaban J connectivity index is 2.19. The summed E-state index contributed by atoms with van der Waals surface area (Å²) in [5, 5.41) is 1.63. The van der Waals surface area contributed by atoms with Crippen molar-refractivity contribution < 1.29 is 4.79 Å². The van der Waals surface area contributed by atoms with Crippen LogP contribution in [0.15, 0.2) is 78.9 Å². The average molecular weight is 373 g/mol. The molecule has 0 saturated heterocycles. The molecule has 3 aromatic carbocycles. The third-order valence-corrected chi connectivity index (χ3v) is 11.5. The van der Waals surface area contributed by atoms with E-state index < -0.39 is 8.07 Å². The average Bonchev–Trinajstić information content (AvgIpc) is 2.67. The van der Waals surface area contributed by atoms with Crippen LogP contribution in [0.2, 0.25) is 18.1 Å². The van der Waals surface area contributed by atoms with Crippen LogP contribution in [0, 0.1) is 0 Å². The molecule has 0 spiro atoms. The van der Waals surface area contributed by atoms with E-state index in [0.717, 1.165) is 22.3 Å². The topological polar surface area (TPSA) is 17.1 Å². The Kier molecular flexibility index (Phi) is 5.21. The monoisotopic (exact) mass is 372 g/mol. The molecule has 27 heavy (non-hydrogen) atoms. The first-order valence-corrected chi connectivity index (χ1v) is 12.5. The second-order valence-electron chi connectivity index (χ2n) is 8.70. The molecule has 0 aliphatic rings. The van der Waals surface area contributed by atoms with Crippen LogP contribution in [-0.4, -0.2) is 13.9 Å². The molecule has 0 radical (unpaired) electrons. The van der Waals surface area contributed by atoms with Gasteiger partial charge in [0.15, 0.2) is 5.78 Å². The van der Waals surface area contributed by atoms with Crippen LogP contribution in [0.3, 0.4) is 0 Å². The highest BCUT2D eigenvalue weighted by atomic mass is 28.3. The Morgan fingerprint density at radius 3 is 1.89 bits per heavy atom. The minimum absolute atomic E-state index is 0.0798. The van der Waals surface area contributed by atoms with Crippen molar-refractivity contribution in [3.63, 3.8) is 0 Å². The molecule has 0 unspecified atom stereocenters. The molecule has 3 aromatic rings. The van der Waals surface area contributed by atoms with Gasteiger partial charge in [-0.2, -0.15) is 0 Å². The van der Waals surface area contributed by atoms with E-state index in [9.17, 15) is 4.79 Å². The van der Waals surface area contributed by atoms with E-state index in [2.05, 4.69) is 58.1 Å². The molecule has 1 nitrogen and oxygen atoms in total. The Labute approximate surface area is 164 Å². The highest BCUT2D eigenvalue weighted by Crippen LogP contribution is 2.36. The van der Waals surface area contributed by atoms with Crippen molar-refractivity contribution >= 4 is 19.0 Å². The van der Waals surface area contributed by atoms with Gasteiger partial charge in [-0.05, 0) is 16.2 Å². The lowest BCUT2D eigenvalue weighted by Crippen LogP contribution is -2.49. The Bertz CT molecular complexity index is 935. The predicted octanol–water partition coefficient (Wildman–Crippen LogP) is 6.30. The third kappa shape index (κ3) is 3.81. The second kappa shape index (κ2) is 7.28. The van der Waals surface area contributed by atoms with Crippen LogP contribution in [0.25, 0.3) is 11.1 Å². The van der Waals surface area contributed by atoms with Crippen molar-refractivity contribution in [1.82, 2.24) is 0 Å². The first-order chi connectivity index (χ1) is 12.7. The quantitative estimate of drug-likeness (QED) is 0.388. The lowest BCUT2D eigenvalue weighted by atomic mass is 9.94. The molecule has 0 bridgehead atoms. The van der Waals surface area contributed by atoms with Gasteiger partial charge in [-0.3, -0.25) is 4.79 Å². The summed E-state index contributed by atoms with van der Waals surface area (Å²) < 4.78 is 0. The molecular weight excluding hydrogens is 344 g/mol. The largest absolute Gasteiger partial charge is 0.289 e. The molecule has 2 heteroatoms. The van der Waals surface area contributed by atoms with Gasteiger partial charge in [0.25, 0.3) is 0 Å². The summed E-state index contributed by atoms with van der Waals surface area (Å²) in [5.74, 6) is 0.0798. The SMILES string of the molecule is CC(C)(C)[Si](C)(C)c1ccc(C(=O)c2ccccc2)c(-c2ccccc2)c1. The highest BCUT2D eigenvalue weighted by molar-refractivity contribution is 6.92. The summed E-state index contributed by atoms with van der Waals surface area (Å²) in [6.07, 6.45) is 0. The van der Waals surface area contributed by atoms with E-state index in [0.29, 0.717) is 0 Å². The lowest BCUT2D eigenvalue weighted by Gasteiger charge is -2.37. The minimum atomic E-state index is -1.69. The number of hydrogen-bond acceptors (Lipinski definition) is 1. The zero-order valence-corrected chi connectivity index (χ0v) is 17.9. The van der Waals surface area contributed by atoms with Gasteiger partial charge in [-0.1, -0.05) is 118 Å². The van der Waals surface area contributed by atoms with E-state index in [1.165, 1.54) is 5.19 Å². The highest BCUT2D eigenvalue weighted by Gasteiger charge is 2.37. The van der Waals surface area contributed by atoms with Gasteiger partial charge < -0.3 is 0 Å². The minimum Gasteiger partial charge on any atom is -0.289 e. The molecule has 3 rings (SSSR count). The van der Waals surface area contributed by atoms with Crippen LogP contribution < -0.4 is 5.19 Å². The zero-order chi connectivity index (χ0) is 19.7. The molecule has 138 valence electrons. The second-order valence-corrected chi connectivity index (χ2v) is 14.0. The van der Waals surface area contributed by atoms with E-state index >= 15 is 0 Å². The first-order valence-electron chi connectivity index (χ1n) is 9.51. The third-order valence-electron chi connectivity index (χ3n) is 5.98. The fraction of sp³-hybridized carbons (Fsp3) is 0.240. The van der Waals surface area contributed by atoms with Crippen molar-refractivity contribution in [2.45, 2.75) is 38.9 Å². The summed E-state index contributed by atoms with van der Waals surface area (Å²) in [6.45, 7) is 11.8. The fourth-order valence-electron chi connectivity index (χ4n) is 3.17.